The van der Waals surface area contributed by atoms with Crippen molar-refractivity contribution in [2.75, 3.05) is 13.2 Å². The molecular weight excluding hydrogens is 440 g/mol. The number of hydrogen-bond acceptors (Lipinski definition) is 5. The van der Waals surface area contributed by atoms with E-state index in [1.165, 1.54) is 0 Å². The second-order valence-corrected chi connectivity index (χ2v) is 8.53. The van der Waals surface area contributed by atoms with Crippen molar-refractivity contribution >= 4 is 33.7 Å². The first-order chi connectivity index (χ1) is 13.6. The van der Waals surface area contributed by atoms with E-state index in [0.717, 1.165) is 5.56 Å². The second kappa shape index (κ2) is 11.9. The minimum Gasteiger partial charge on any atom is -0.464 e. The fraction of sp³-hybridized carbons (Fsp3) is 0.571. The van der Waals surface area contributed by atoms with Gasteiger partial charge in [0.2, 0.25) is 11.8 Å². The van der Waals surface area contributed by atoms with Crippen LogP contribution >= 0.6 is 15.9 Å². The lowest BCUT2D eigenvalue weighted by Crippen LogP contribution is -2.60. The van der Waals surface area contributed by atoms with Gasteiger partial charge in [-0.2, -0.15) is 0 Å². The molecule has 0 aromatic heterocycles. The Labute approximate surface area is 181 Å². The maximum atomic E-state index is 12.7. The number of alkyl halides is 1. The molecule has 0 radical (unpaired) electrons. The van der Waals surface area contributed by atoms with Gasteiger partial charge in [-0.3, -0.25) is 9.59 Å². The van der Waals surface area contributed by atoms with Crippen molar-refractivity contribution in [1.29, 1.82) is 0 Å². The number of rotatable bonds is 11. The highest BCUT2D eigenvalue weighted by molar-refractivity contribution is 9.10. The first kappa shape index (κ1) is 25.1. The molecule has 0 spiro atoms. The fourth-order valence-corrected chi connectivity index (χ4v) is 2.47. The zero-order valence-electron chi connectivity index (χ0n) is 17.7. The molecule has 2 N–H and O–H groups in total. The van der Waals surface area contributed by atoms with Gasteiger partial charge in [0.1, 0.15) is 5.54 Å². The molecule has 2 atom stereocenters. The number of halogens is 1. The summed E-state index contributed by atoms with van der Waals surface area (Å²) in [5, 5.41) is 5.34. The first-order valence-corrected chi connectivity index (χ1v) is 10.6. The molecule has 0 aliphatic rings. The molecule has 162 valence electrons. The average molecular weight is 471 g/mol. The summed E-state index contributed by atoms with van der Waals surface area (Å²) in [6.45, 7) is 9.07. The Kier molecular flexibility index (Phi) is 10.3. The van der Waals surface area contributed by atoms with E-state index in [0.29, 0.717) is 6.61 Å². The number of ether oxygens (including phenoxy) is 2. The third-order valence-electron chi connectivity index (χ3n) is 4.11. The Bertz CT molecular complexity index is 679. The maximum absolute atomic E-state index is 12.7. The quantitative estimate of drug-likeness (QED) is 0.382. The van der Waals surface area contributed by atoms with Crippen molar-refractivity contribution in [3.63, 3.8) is 0 Å². The molecule has 29 heavy (non-hydrogen) atoms. The predicted octanol–water partition coefficient (Wildman–Crippen LogP) is 2.57. The standard InChI is InChI=1S/C21H31BrN2O5/c1-6-29-19(26)16(13-28-12-15-10-8-7-9-11-15)23-20(27)21(4,5)24-18(25)17(22)14(2)3/h7-11,14,16-17H,6,12-13H2,1-5H3,(H,23,27)(H,24,25). The van der Waals surface area contributed by atoms with Gasteiger partial charge in [-0.15, -0.1) is 0 Å². The van der Waals surface area contributed by atoms with E-state index < -0.39 is 28.3 Å². The average Bonchev–Trinajstić information content (AvgIpc) is 2.66. The van der Waals surface area contributed by atoms with Gasteiger partial charge in [0.25, 0.3) is 0 Å². The Morgan fingerprint density at radius 3 is 2.31 bits per heavy atom. The summed E-state index contributed by atoms with van der Waals surface area (Å²) in [6.07, 6.45) is 0. The molecule has 8 heteroatoms. The van der Waals surface area contributed by atoms with Crippen molar-refractivity contribution in [2.24, 2.45) is 5.92 Å². The largest absolute Gasteiger partial charge is 0.464 e. The van der Waals surface area contributed by atoms with Crippen molar-refractivity contribution in [1.82, 2.24) is 10.6 Å². The minimum absolute atomic E-state index is 0.0451. The summed E-state index contributed by atoms with van der Waals surface area (Å²) in [5.41, 5.74) is -0.270. The number of nitrogens with one attached hydrogen (secondary N) is 2. The summed E-state index contributed by atoms with van der Waals surface area (Å²) in [7, 11) is 0. The van der Waals surface area contributed by atoms with E-state index in [9.17, 15) is 14.4 Å². The van der Waals surface area contributed by atoms with Gasteiger partial charge in [0, 0.05) is 0 Å². The lowest BCUT2D eigenvalue weighted by Gasteiger charge is -2.29. The minimum atomic E-state index is -1.22. The maximum Gasteiger partial charge on any atom is 0.331 e. The van der Waals surface area contributed by atoms with Gasteiger partial charge in [-0.05, 0) is 32.3 Å². The molecule has 7 nitrogen and oxygen atoms in total. The van der Waals surface area contributed by atoms with Crippen LogP contribution in [0.5, 0.6) is 0 Å². The Balaban J connectivity index is 2.73. The van der Waals surface area contributed by atoms with Gasteiger partial charge in [0.15, 0.2) is 6.04 Å². The van der Waals surface area contributed by atoms with E-state index in [1.54, 1.807) is 20.8 Å². The van der Waals surface area contributed by atoms with Gasteiger partial charge < -0.3 is 20.1 Å². The summed E-state index contributed by atoms with van der Waals surface area (Å²) in [6, 6.07) is 8.51. The lowest BCUT2D eigenvalue weighted by molar-refractivity contribution is -0.150. The molecule has 0 heterocycles. The number of carbonyl (C=O) groups is 3. The van der Waals surface area contributed by atoms with E-state index in [-0.39, 0.29) is 25.0 Å². The van der Waals surface area contributed by atoms with Crippen LogP contribution in [0.4, 0.5) is 0 Å². The zero-order valence-corrected chi connectivity index (χ0v) is 19.2. The third kappa shape index (κ3) is 8.53. The predicted molar refractivity (Wildman–Crippen MR) is 114 cm³/mol. The van der Waals surface area contributed by atoms with Crippen LogP contribution in [0.15, 0.2) is 30.3 Å². The molecule has 0 saturated heterocycles. The van der Waals surface area contributed by atoms with Crippen LogP contribution in [-0.2, 0) is 30.5 Å². The van der Waals surface area contributed by atoms with E-state index >= 15 is 0 Å². The van der Waals surface area contributed by atoms with Gasteiger partial charge >= 0.3 is 5.97 Å². The Morgan fingerprint density at radius 2 is 1.76 bits per heavy atom. The molecule has 0 fully saturated rings. The fourth-order valence-electron chi connectivity index (χ4n) is 2.36. The molecule has 0 bridgehead atoms. The Hall–Kier alpha value is -1.93. The molecule has 0 saturated carbocycles. The van der Waals surface area contributed by atoms with E-state index in [1.807, 2.05) is 44.2 Å². The molecule has 1 rings (SSSR count). The van der Waals surface area contributed by atoms with Crippen molar-refractivity contribution in [3.8, 4) is 0 Å². The van der Waals surface area contributed by atoms with Crippen molar-refractivity contribution < 1.29 is 23.9 Å². The molecule has 0 aliphatic heterocycles. The summed E-state index contributed by atoms with van der Waals surface area (Å²) >= 11 is 3.32. The van der Waals surface area contributed by atoms with E-state index in [2.05, 4.69) is 26.6 Å². The summed E-state index contributed by atoms with van der Waals surface area (Å²) < 4.78 is 10.6. The smallest absolute Gasteiger partial charge is 0.331 e. The molecule has 2 unspecified atom stereocenters. The first-order valence-electron chi connectivity index (χ1n) is 9.63. The Morgan fingerprint density at radius 1 is 1.14 bits per heavy atom. The summed E-state index contributed by atoms with van der Waals surface area (Å²) in [5.74, 6) is -1.33. The van der Waals surface area contributed by atoms with Crippen LogP contribution < -0.4 is 10.6 Å². The molecule has 0 aliphatic carbocycles. The third-order valence-corrected chi connectivity index (χ3v) is 5.58. The van der Waals surface area contributed by atoms with Crippen molar-refractivity contribution in [2.45, 2.75) is 57.6 Å². The van der Waals surface area contributed by atoms with Crippen LogP contribution in [0.25, 0.3) is 0 Å². The summed E-state index contributed by atoms with van der Waals surface area (Å²) in [4.78, 5) is 36.9. The van der Waals surface area contributed by atoms with Crippen LogP contribution in [-0.4, -0.2) is 47.4 Å². The molecular formula is C21H31BrN2O5. The van der Waals surface area contributed by atoms with Crippen molar-refractivity contribution in [3.05, 3.63) is 35.9 Å². The number of esters is 1. The van der Waals surface area contributed by atoms with Gasteiger partial charge in [0.05, 0.1) is 24.6 Å². The van der Waals surface area contributed by atoms with E-state index in [4.69, 9.17) is 9.47 Å². The van der Waals surface area contributed by atoms with Crippen LogP contribution in [0.1, 0.15) is 40.2 Å². The number of benzene rings is 1. The molecule has 2 amide bonds. The highest BCUT2D eigenvalue weighted by atomic mass is 79.9. The molecule has 1 aromatic rings. The number of amides is 2. The molecule has 1 aromatic carbocycles. The van der Waals surface area contributed by atoms with Crippen LogP contribution in [0.2, 0.25) is 0 Å². The second-order valence-electron chi connectivity index (χ2n) is 7.54. The normalized spacial score (nSPS) is 13.5. The SMILES string of the molecule is CCOC(=O)C(COCc1ccccc1)NC(=O)C(C)(C)NC(=O)C(Br)C(C)C. The lowest BCUT2D eigenvalue weighted by atomic mass is 10.0. The number of hydrogen-bond donors (Lipinski definition) is 2. The van der Waals surface area contributed by atoms with Crippen LogP contribution in [0, 0.1) is 5.92 Å². The topological polar surface area (TPSA) is 93.7 Å². The van der Waals surface area contributed by atoms with Gasteiger partial charge in [-0.25, -0.2) is 4.79 Å². The highest BCUT2D eigenvalue weighted by Crippen LogP contribution is 2.14. The van der Waals surface area contributed by atoms with Crippen LogP contribution in [0.3, 0.4) is 0 Å². The van der Waals surface area contributed by atoms with Gasteiger partial charge in [-0.1, -0.05) is 60.1 Å². The number of carbonyl (C=O) groups excluding carboxylic acids is 3. The zero-order chi connectivity index (χ0) is 22.0. The highest BCUT2D eigenvalue weighted by Gasteiger charge is 2.35. The monoisotopic (exact) mass is 470 g/mol.